The highest BCUT2D eigenvalue weighted by Crippen LogP contribution is 2.49. The van der Waals surface area contributed by atoms with Crippen molar-refractivity contribution in [3.8, 4) is 11.1 Å². The van der Waals surface area contributed by atoms with Crippen LogP contribution in [0.3, 0.4) is 0 Å². The zero-order valence-electron chi connectivity index (χ0n) is 13.7. The predicted molar refractivity (Wildman–Crippen MR) is 99.7 cm³/mol. The van der Waals surface area contributed by atoms with E-state index in [1.807, 2.05) is 0 Å². The van der Waals surface area contributed by atoms with Crippen molar-refractivity contribution in [3.63, 3.8) is 0 Å². The van der Waals surface area contributed by atoms with Crippen molar-refractivity contribution in [2.45, 2.75) is 43.8 Å². The second kappa shape index (κ2) is 5.58. The van der Waals surface area contributed by atoms with Crippen molar-refractivity contribution in [3.05, 3.63) is 59.7 Å². The molecule has 0 N–H and O–H groups in total. The van der Waals surface area contributed by atoms with Gasteiger partial charge in [0.1, 0.15) is 0 Å². The lowest BCUT2D eigenvalue weighted by molar-refractivity contribution is 1.08. The largest absolute Gasteiger partial charge is 0.0722 e. The van der Waals surface area contributed by atoms with Gasteiger partial charge in [0, 0.05) is 14.3 Å². The van der Waals surface area contributed by atoms with Crippen molar-refractivity contribution < 1.29 is 0 Å². The molecule has 0 aromatic heterocycles. The van der Waals surface area contributed by atoms with E-state index in [9.17, 15) is 0 Å². The van der Waals surface area contributed by atoms with Gasteiger partial charge in [-0.3, -0.25) is 0 Å². The molecule has 2 aromatic rings. The molecule has 3 rings (SSSR count). The molecule has 0 radical (unpaired) electrons. The minimum atomic E-state index is -1.30. The number of hydrogen-bond acceptors (Lipinski definition) is 0. The molecule has 0 unspecified atom stereocenters. The lowest BCUT2D eigenvalue weighted by atomic mass is 10.1. The summed E-state index contributed by atoms with van der Waals surface area (Å²) >= 11 is 0. The first-order valence-electron chi connectivity index (χ1n) is 8.19. The van der Waals surface area contributed by atoms with Crippen LogP contribution in [0.1, 0.15) is 16.7 Å². The second-order valence-corrected chi connectivity index (χ2v) is 15.9. The van der Waals surface area contributed by atoms with Crippen LogP contribution >= 0.6 is 0 Å². The third kappa shape index (κ3) is 2.67. The molecule has 2 aromatic carbocycles. The molecule has 0 spiro atoms. The monoisotopic (exact) mass is 310 g/mol. The molecule has 2 heteroatoms. The lowest BCUT2D eigenvalue weighted by Gasteiger charge is -2.32. The van der Waals surface area contributed by atoms with Gasteiger partial charge in [0.25, 0.3) is 0 Å². The van der Waals surface area contributed by atoms with Gasteiger partial charge in [0.05, 0.1) is 8.07 Å². The van der Waals surface area contributed by atoms with Crippen LogP contribution in [0.5, 0.6) is 0 Å². The Balaban J connectivity index is 2.06. The lowest BCUT2D eigenvalue weighted by Crippen LogP contribution is -2.35. The van der Waals surface area contributed by atoms with Crippen LogP contribution in [-0.4, -0.2) is 16.9 Å². The van der Waals surface area contributed by atoms with E-state index in [0.717, 1.165) is 0 Å². The topological polar surface area (TPSA) is 0 Å². The van der Waals surface area contributed by atoms with E-state index in [4.69, 9.17) is 0 Å². The molecule has 0 nitrogen and oxygen atoms in total. The van der Waals surface area contributed by atoms with Gasteiger partial charge in [-0.15, -0.1) is 0 Å². The van der Waals surface area contributed by atoms with E-state index in [2.05, 4.69) is 74.7 Å². The van der Waals surface area contributed by atoms with E-state index >= 15 is 0 Å². The zero-order valence-corrected chi connectivity index (χ0v) is 15.8. The Morgan fingerprint density at radius 2 is 1.33 bits per heavy atom. The maximum atomic E-state index is 2.60. The Morgan fingerprint density at radius 1 is 0.857 bits per heavy atom. The first kappa shape index (κ1) is 14.8. The molecule has 1 aliphatic carbocycles. The average Bonchev–Trinajstić information content (AvgIpc) is 2.80. The third-order valence-electron chi connectivity index (χ3n) is 4.98. The van der Waals surface area contributed by atoms with Crippen molar-refractivity contribution in [2.75, 3.05) is 0 Å². The molecule has 1 aliphatic rings. The van der Waals surface area contributed by atoms with E-state index in [0.29, 0.717) is 5.54 Å². The fourth-order valence-corrected chi connectivity index (χ4v) is 11.6. The van der Waals surface area contributed by atoms with Crippen LogP contribution in [0.25, 0.3) is 11.1 Å². The third-order valence-corrected chi connectivity index (χ3v) is 10.8. The van der Waals surface area contributed by atoms with E-state index in [1.54, 1.807) is 11.1 Å². The van der Waals surface area contributed by atoms with Crippen LogP contribution < -0.4 is 0 Å². The maximum absolute atomic E-state index is 2.60. The van der Waals surface area contributed by atoms with Crippen LogP contribution in [0.15, 0.2) is 48.5 Å². The number of fused-ring (bicyclic) bond motifs is 3. The molecule has 0 aliphatic heterocycles. The Hall–Kier alpha value is -1.13. The maximum Gasteiger partial charge on any atom is 0.0601 e. The summed E-state index contributed by atoms with van der Waals surface area (Å²) in [7, 11) is -1.75. The SMILES string of the molecule is C[SiH](C)CC[Si](C)(C)C1c2ccccc2-c2ccccc21. The van der Waals surface area contributed by atoms with Gasteiger partial charge in [-0.25, -0.2) is 0 Å². The zero-order chi connectivity index (χ0) is 15.0. The van der Waals surface area contributed by atoms with Gasteiger partial charge in [0.15, 0.2) is 0 Å². The summed E-state index contributed by atoms with van der Waals surface area (Å²) in [4.78, 5) is 0. The Kier molecular flexibility index (Phi) is 3.93. The highest BCUT2D eigenvalue weighted by molar-refractivity contribution is 6.80. The van der Waals surface area contributed by atoms with Gasteiger partial charge in [-0.2, -0.15) is 0 Å². The number of hydrogen-bond donors (Lipinski definition) is 0. The fourth-order valence-electron chi connectivity index (χ4n) is 3.80. The van der Waals surface area contributed by atoms with Crippen LogP contribution in [-0.2, 0) is 0 Å². The summed E-state index contributed by atoms with van der Waals surface area (Å²) in [5.41, 5.74) is 6.86. The highest BCUT2D eigenvalue weighted by atomic mass is 28.3. The first-order chi connectivity index (χ1) is 10.0. The summed E-state index contributed by atoms with van der Waals surface area (Å²) in [6.45, 7) is 10.2. The summed E-state index contributed by atoms with van der Waals surface area (Å²) < 4.78 is 0. The smallest absolute Gasteiger partial charge is 0.0601 e. The Bertz CT molecular complexity index is 598. The molecule has 110 valence electrons. The number of benzene rings is 2. The van der Waals surface area contributed by atoms with Crippen molar-refractivity contribution >= 4 is 16.9 Å². The van der Waals surface area contributed by atoms with Gasteiger partial charge < -0.3 is 0 Å². The summed E-state index contributed by atoms with van der Waals surface area (Å²) in [5.74, 6) is 0. The van der Waals surface area contributed by atoms with Crippen molar-refractivity contribution in [1.29, 1.82) is 0 Å². The van der Waals surface area contributed by atoms with Gasteiger partial charge in [-0.05, 0) is 22.3 Å². The average molecular weight is 311 g/mol. The van der Waals surface area contributed by atoms with E-state index < -0.39 is 16.9 Å². The van der Waals surface area contributed by atoms with Gasteiger partial charge in [0.2, 0.25) is 0 Å². The molecule has 0 saturated heterocycles. The van der Waals surface area contributed by atoms with Crippen LogP contribution in [0.2, 0.25) is 38.3 Å². The molecule has 21 heavy (non-hydrogen) atoms. The number of rotatable bonds is 4. The molecule has 0 heterocycles. The first-order valence-corrected chi connectivity index (χ1v) is 14.6. The standard InChI is InChI=1S/C19H26Si2/c1-20(2)13-14-21(3,4)19-17-11-7-5-9-15(17)16-10-6-8-12-18(16)19/h5-12,19-20H,13-14H2,1-4H3. The molecular weight excluding hydrogens is 284 g/mol. The molecule has 0 bridgehead atoms. The quantitative estimate of drug-likeness (QED) is 0.651. The molecule has 0 amide bonds. The Morgan fingerprint density at radius 3 is 1.81 bits per heavy atom. The highest BCUT2D eigenvalue weighted by Gasteiger charge is 2.40. The minimum Gasteiger partial charge on any atom is -0.0722 e. The van der Waals surface area contributed by atoms with E-state index in [-0.39, 0.29) is 0 Å². The van der Waals surface area contributed by atoms with Crippen LogP contribution in [0.4, 0.5) is 0 Å². The Labute approximate surface area is 131 Å². The molecular formula is C19H26Si2. The summed E-state index contributed by atoms with van der Waals surface area (Å²) in [5, 5.41) is 0. The predicted octanol–water partition coefficient (Wildman–Crippen LogP) is 5.53. The van der Waals surface area contributed by atoms with E-state index in [1.165, 1.54) is 23.2 Å². The summed E-state index contributed by atoms with van der Waals surface area (Å²) in [6, 6.07) is 21.2. The molecule has 0 fully saturated rings. The van der Waals surface area contributed by atoms with Crippen molar-refractivity contribution in [1.82, 2.24) is 0 Å². The molecule has 0 saturated carbocycles. The fraction of sp³-hybridized carbons (Fsp3) is 0.368. The minimum absolute atomic E-state index is 0.451. The van der Waals surface area contributed by atoms with Gasteiger partial charge >= 0.3 is 0 Å². The summed E-state index contributed by atoms with van der Waals surface area (Å²) in [6.07, 6.45) is 0. The molecule has 0 atom stereocenters. The van der Waals surface area contributed by atoms with Crippen LogP contribution in [0, 0.1) is 0 Å². The second-order valence-electron chi connectivity index (χ2n) is 7.53. The van der Waals surface area contributed by atoms with Crippen molar-refractivity contribution in [2.24, 2.45) is 0 Å². The normalized spacial score (nSPS) is 14.3. The van der Waals surface area contributed by atoms with Gasteiger partial charge in [-0.1, -0.05) is 86.8 Å².